The van der Waals surface area contributed by atoms with E-state index in [1.54, 1.807) is 13.2 Å². The topological polar surface area (TPSA) is 51.2 Å². The molecule has 0 unspecified atom stereocenters. The quantitative estimate of drug-likeness (QED) is 0.412. The van der Waals surface area contributed by atoms with Crippen LogP contribution >= 0.6 is 0 Å². The highest BCUT2D eigenvalue weighted by Crippen LogP contribution is 2.30. The number of fused-ring (bicyclic) bond motifs is 2. The fraction of sp³-hybridized carbons (Fsp3) is 0.0435. The molecule has 0 bridgehead atoms. The monoisotopic (exact) mass is 354 g/mol. The molecule has 0 radical (unpaired) electrons. The average molecular weight is 354 g/mol. The number of carbonyl (C=O) groups is 1. The van der Waals surface area contributed by atoms with Crippen LogP contribution in [0, 0.1) is 0 Å². The van der Waals surface area contributed by atoms with Gasteiger partial charge in [-0.3, -0.25) is 4.79 Å². The van der Waals surface area contributed by atoms with Gasteiger partial charge in [-0.05, 0) is 35.9 Å². The lowest BCUT2D eigenvalue weighted by Gasteiger charge is -2.11. The summed E-state index contributed by atoms with van der Waals surface area (Å²) in [6.45, 7) is 0. The van der Waals surface area contributed by atoms with Crippen LogP contribution in [0.1, 0.15) is 5.56 Å². The van der Waals surface area contributed by atoms with Crippen molar-refractivity contribution in [3.8, 4) is 5.75 Å². The number of hydrogen-bond donors (Lipinski definition) is 1. The Labute approximate surface area is 157 Å². The van der Waals surface area contributed by atoms with Gasteiger partial charge in [0.15, 0.2) is 0 Å². The van der Waals surface area contributed by atoms with E-state index in [1.165, 1.54) is 6.08 Å². The highest BCUT2D eigenvalue weighted by Gasteiger charge is 2.10. The van der Waals surface area contributed by atoms with Gasteiger partial charge in [-0.1, -0.05) is 48.5 Å². The van der Waals surface area contributed by atoms with E-state index in [-0.39, 0.29) is 5.91 Å². The molecular weight excluding hydrogens is 336 g/mol. The van der Waals surface area contributed by atoms with E-state index >= 15 is 0 Å². The molecule has 0 aliphatic heterocycles. The molecule has 4 nitrogen and oxygen atoms in total. The maximum absolute atomic E-state index is 12.6. The van der Waals surface area contributed by atoms with Gasteiger partial charge in [0.05, 0.1) is 23.8 Å². The molecule has 0 atom stereocenters. The van der Waals surface area contributed by atoms with Gasteiger partial charge in [0.1, 0.15) is 5.75 Å². The number of amides is 1. The van der Waals surface area contributed by atoms with E-state index in [0.717, 1.165) is 38.8 Å². The molecule has 4 heteroatoms. The second-order valence-corrected chi connectivity index (χ2v) is 6.12. The lowest BCUT2D eigenvalue weighted by molar-refractivity contribution is -0.111. The van der Waals surface area contributed by atoms with Crippen LogP contribution in [0.2, 0.25) is 0 Å². The van der Waals surface area contributed by atoms with E-state index < -0.39 is 0 Å². The predicted octanol–water partition coefficient (Wildman–Crippen LogP) is 5.05. The van der Waals surface area contributed by atoms with E-state index in [4.69, 9.17) is 4.74 Å². The van der Waals surface area contributed by atoms with Crippen LogP contribution in [0.5, 0.6) is 5.75 Å². The number of ether oxygens (including phenoxy) is 1. The van der Waals surface area contributed by atoms with E-state index in [9.17, 15) is 4.79 Å². The van der Waals surface area contributed by atoms with Crippen molar-refractivity contribution in [2.45, 2.75) is 0 Å². The molecule has 0 saturated heterocycles. The Balaban J connectivity index is 1.67. The van der Waals surface area contributed by atoms with E-state index in [2.05, 4.69) is 10.3 Å². The molecule has 1 heterocycles. The highest BCUT2D eigenvalue weighted by atomic mass is 16.5. The minimum absolute atomic E-state index is 0.188. The normalized spacial score (nSPS) is 11.1. The van der Waals surface area contributed by atoms with Crippen LogP contribution in [0.3, 0.4) is 0 Å². The highest BCUT2D eigenvalue weighted by molar-refractivity contribution is 6.15. The van der Waals surface area contributed by atoms with Crippen molar-refractivity contribution >= 4 is 39.5 Å². The van der Waals surface area contributed by atoms with Crippen molar-refractivity contribution in [3.05, 3.63) is 84.4 Å². The zero-order chi connectivity index (χ0) is 18.6. The standard InChI is InChI=1S/C23H18N2O2/c1-27-17-13-10-16(11-14-17)12-15-22(26)25-23-18-6-2-4-8-20(18)24-21-9-5-3-7-19(21)23/h2-15H,1H3,(H,24,25,26). The second kappa shape index (κ2) is 7.30. The molecule has 0 spiro atoms. The first-order valence-corrected chi connectivity index (χ1v) is 8.65. The zero-order valence-corrected chi connectivity index (χ0v) is 14.8. The van der Waals surface area contributed by atoms with Gasteiger partial charge in [-0.2, -0.15) is 0 Å². The summed E-state index contributed by atoms with van der Waals surface area (Å²) in [6.07, 6.45) is 3.31. The van der Waals surface area contributed by atoms with Gasteiger partial charge in [0, 0.05) is 16.8 Å². The maximum Gasteiger partial charge on any atom is 0.248 e. The number of methoxy groups -OCH3 is 1. The summed E-state index contributed by atoms with van der Waals surface area (Å²) < 4.78 is 5.15. The number of anilines is 1. The Morgan fingerprint density at radius 3 is 2.07 bits per heavy atom. The number of rotatable bonds is 4. The molecule has 0 fully saturated rings. The zero-order valence-electron chi connectivity index (χ0n) is 14.8. The second-order valence-electron chi connectivity index (χ2n) is 6.12. The van der Waals surface area contributed by atoms with Crippen molar-refractivity contribution in [2.75, 3.05) is 12.4 Å². The van der Waals surface area contributed by atoms with Crippen molar-refractivity contribution in [1.29, 1.82) is 0 Å². The van der Waals surface area contributed by atoms with E-state index in [1.807, 2.05) is 72.8 Å². The van der Waals surface area contributed by atoms with Crippen LogP contribution in [-0.2, 0) is 4.79 Å². The molecule has 1 amide bonds. The minimum Gasteiger partial charge on any atom is -0.497 e. The number of nitrogens with zero attached hydrogens (tertiary/aromatic N) is 1. The molecule has 1 N–H and O–H groups in total. The Kier molecular flexibility index (Phi) is 4.54. The van der Waals surface area contributed by atoms with Crippen LogP contribution in [0.25, 0.3) is 27.9 Å². The Morgan fingerprint density at radius 1 is 0.889 bits per heavy atom. The maximum atomic E-state index is 12.6. The van der Waals surface area contributed by atoms with Crippen LogP contribution in [-0.4, -0.2) is 18.0 Å². The summed E-state index contributed by atoms with van der Waals surface area (Å²) in [5, 5.41) is 4.87. The lowest BCUT2D eigenvalue weighted by atomic mass is 10.1. The minimum atomic E-state index is -0.188. The molecule has 0 saturated carbocycles. The number of aromatic nitrogens is 1. The number of nitrogens with one attached hydrogen (secondary N) is 1. The summed E-state index contributed by atoms with van der Waals surface area (Å²) in [5.74, 6) is 0.596. The fourth-order valence-corrected chi connectivity index (χ4v) is 3.03. The van der Waals surface area contributed by atoms with Crippen molar-refractivity contribution in [2.24, 2.45) is 0 Å². The first-order chi connectivity index (χ1) is 13.2. The number of hydrogen-bond acceptors (Lipinski definition) is 3. The van der Waals surface area contributed by atoms with Crippen LogP contribution in [0.4, 0.5) is 5.69 Å². The van der Waals surface area contributed by atoms with Gasteiger partial charge in [0.2, 0.25) is 5.91 Å². The summed E-state index contributed by atoms with van der Waals surface area (Å²) in [4.78, 5) is 17.2. The largest absolute Gasteiger partial charge is 0.497 e. The molecule has 4 aromatic rings. The average Bonchev–Trinajstić information content (AvgIpc) is 2.72. The fourth-order valence-electron chi connectivity index (χ4n) is 3.03. The molecule has 1 aromatic heterocycles. The van der Waals surface area contributed by atoms with Gasteiger partial charge < -0.3 is 10.1 Å². The molecule has 0 aliphatic rings. The Bertz CT molecular complexity index is 1090. The SMILES string of the molecule is COc1ccc(C=CC(=O)Nc2c3ccccc3nc3ccccc23)cc1. The summed E-state index contributed by atoms with van der Waals surface area (Å²) in [7, 11) is 1.63. The molecule has 4 rings (SSSR count). The van der Waals surface area contributed by atoms with Gasteiger partial charge in [-0.15, -0.1) is 0 Å². The molecule has 132 valence electrons. The predicted molar refractivity (Wildman–Crippen MR) is 110 cm³/mol. The van der Waals surface area contributed by atoms with Crippen molar-refractivity contribution in [3.63, 3.8) is 0 Å². The molecule has 27 heavy (non-hydrogen) atoms. The van der Waals surface area contributed by atoms with Gasteiger partial charge in [0.25, 0.3) is 0 Å². The summed E-state index contributed by atoms with van der Waals surface area (Å²) in [5.41, 5.74) is 3.41. The van der Waals surface area contributed by atoms with Gasteiger partial charge >= 0.3 is 0 Å². The van der Waals surface area contributed by atoms with Crippen molar-refractivity contribution < 1.29 is 9.53 Å². The molecule has 0 aliphatic carbocycles. The third-order valence-electron chi connectivity index (χ3n) is 4.38. The summed E-state index contributed by atoms with van der Waals surface area (Å²) in [6, 6.07) is 23.1. The molecule has 3 aromatic carbocycles. The number of carbonyl (C=O) groups excluding carboxylic acids is 1. The number of benzene rings is 3. The van der Waals surface area contributed by atoms with Gasteiger partial charge in [-0.25, -0.2) is 4.98 Å². The third-order valence-corrected chi connectivity index (χ3v) is 4.38. The van der Waals surface area contributed by atoms with Crippen LogP contribution < -0.4 is 10.1 Å². The smallest absolute Gasteiger partial charge is 0.248 e. The first kappa shape index (κ1) is 16.8. The lowest BCUT2D eigenvalue weighted by Crippen LogP contribution is -2.09. The first-order valence-electron chi connectivity index (χ1n) is 8.65. The number of para-hydroxylation sites is 2. The van der Waals surface area contributed by atoms with Crippen LogP contribution in [0.15, 0.2) is 78.9 Å². The van der Waals surface area contributed by atoms with Crippen molar-refractivity contribution in [1.82, 2.24) is 4.98 Å². The third kappa shape index (κ3) is 3.51. The Hall–Kier alpha value is -3.66. The van der Waals surface area contributed by atoms with E-state index in [0.29, 0.717) is 0 Å². The molecular formula is C23H18N2O2. The number of pyridine rings is 1. The Morgan fingerprint density at radius 2 is 1.48 bits per heavy atom. The summed E-state index contributed by atoms with van der Waals surface area (Å²) >= 11 is 0.